The highest BCUT2D eigenvalue weighted by atomic mass is 16.1. The van der Waals surface area contributed by atoms with Gasteiger partial charge in [0, 0.05) is 11.8 Å². The number of allylic oxidation sites excluding steroid dienone is 2. The fraction of sp³-hybridized carbons (Fsp3) is 0.400. The third kappa shape index (κ3) is 1.42. The fourth-order valence-corrected chi connectivity index (χ4v) is 3.15. The van der Waals surface area contributed by atoms with Crippen LogP contribution in [0.5, 0.6) is 0 Å². The van der Waals surface area contributed by atoms with Crippen LogP contribution >= 0.6 is 0 Å². The van der Waals surface area contributed by atoms with E-state index in [4.69, 9.17) is 0 Å². The summed E-state index contributed by atoms with van der Waals surface area (Å²) < 4.78 is 0. The van der Waals surface area contributed by atoms with Crippen molar-refractivity contribution in [3.63, 3.8) is 0 Å². The highest BCUT2D eigenvalue weighted by Crippen LogP contribution is 2.43. The molecular formula is C15H16O. The molecule has 3 rings (SSSR count). The molecule has 0 fully saturated rings. The molecule has 1 atom stereocenters. The summed E-state index contributed by atoms with van der Waals surface area (Å²) in [6, 6.07) is 8.72. The highest BCUT2D eigenvalue weighted by molar-refractivity contribution is 5.91. The Labute approximate surface area is 96.2 Å². The molecule has 16 heavy (non-hydrogen) atoms. The topological polar surface area (TPSA) is 17.1 Å². The van der Waals surface area contributed by atoms with Gasteiger partial charge in [0.1, 0.15) is 0 Å². The Morgan fingerprint density at radius 1 is 1.06 bits per heavy atom. The Kier molecular flexibility index (Phi) is 2.20. The van der Waals surface area contributed by atoms with Crippen LogP contribution in [0.25, 0.3) is 0 Å². The van der Waals surface area contributed by atoms with Crippen LogP contribution in [-0.2, 0) is 16.6 Å². The van der Waals surface area contributed by atoms with Gasteiger partial charge in [-0.3, -0.25) is 4.79 Å². The van der Waals surface area contributed by atoms with Gasteiger partial charge in [-0.2, -0.15) is 0 Å². The van der Waals surface area contributed by atoms with Crippen LogP contribution < -0.4 is 0 Å². The van der Waals surface area contributed by atoms with Crippen molar-refractivity contribution < 1.29 is 4.79 Å². The van der Waals surface area contributed by atoms with E-state index in [1.54, 1.807) is 6.08 Å². The lowest BCUT2D eigenvalue weighted by Gasteiger charge is -2.38. The third-order valence-electron chi connectivity index (χ3n) is 4.03. The molecule has 0 saturated heterocycles. The first-order chi connectivity index (χ1) is 7.80. The van der Waals surface area contributed by atoms with Crippen molar-refractivity contribution in [2.45, 2.75) is 37.5 Å². The summed E-state index contributed by atoms with van der Waals surface area (Å²) in [6.07, 6.45) is 9.32. The first-order valence-electron chi connectivity index (χ1n) is 6.11. The molecule has 82 valence electrons. The van der Waals surface area contributed by atoms with Gasteiger partial charge in [0.15, 0.2) is 5.78 Å². The van der Waals surface area contributed by atoms with Gasteiger partial charge in [-0.15, -0.1) is 0 Å². The normalized spacial score (nSPS) is 28.1. The number of ketones is 1. The van der Waals surface area contributed by atoms with E-state index >= 15 is 0 Å². The molecule has 1 spiro atoms. The molecule has 1 nitrogen and oxygen atoms in total. The maximum absolute atomic E-state index is 11.3. The lowest BCUT2D eigenvalue weighted by atomic mass is 9.65. The van der Waals surface area contributed by atoms with Gasteiger partial charge < -0.3 is 0 Å². The van der Waals surface area contributed by atoms with Gasteiger partial charge >= 0.3 is 0 Å². The molecular weight excluding hydrogens is 196 g/mol. The third-order valence-corrected chi connectivity index (χ3v) is 4.03. The van der Waals surface area contributed by atoms with Gasteiger partial charge in [-0.1, -0.05) is 30.3 Å². The first-order valence-corrected chi connectivity index (χ1v) is 6.11. The van der Waals surface area contributed by atoms with Crippen molar-refractivity contribution in [1.82, 2.24) is 0 Å². The Bertz CT molecular complexity index is 458. The molecule has 1 heteroatoms. The molecule has 0 N–H and O–H groups in total. The van der Waals surface area contributed by atoms with Gasteiger partial charge in [0.2, 0.25) is 0 Å². The molecule has 0 unspecified atom stereocenters. The largest absolute Gasteiger partial charge is 0.295 e. The minimum atomic E-state index is 0.169. The van der Waals surface area contributed by atoms with Crippen LogP contribution in [0.2, 0.25) is 0 Å². The molecule has 0 amide bonds. The quantitative estimate of drug-likeness (QED) is 0.645. The summed E-state index contributed by atoms with van der Waals surface area (Å²) in [6.45, 7) is 0. The second kappa shape index (κ2) is 3.58. The average molecular weight is 212 g/mol. The van der Waals surface area contributed by atoms with Crippen LogP contribution in [-0.4, -0.2) is 5.78 Å². The van der Waals surface area contributed by atoms with E-state index in [9.17, 15) is 4.79 Å². The molecule has 2 aliphatic carbocycles. The number of hydrogen-bond acceptors (Lipinski definition) is 1. The summed E-state index contributed by atoms with van der Waals surface area (Å²) in [5.41, 5.74) is 3.11. The lowest BCUT2D eigenvalue weighted by molar-refractivity contribution is -0.115. The zero-order chi connectivity index (χ0) is 11.0. The predicted molar refractivity (Wildman–Crippen MR) is 64.4 cm³/mol. The second-order valence-corrected chi connectivity index (χ2v) is 4.97. The maximum atomic E-state index is 11.3. The van der Waals surface area contributed by atoms with Crippen LogP contribution in [0.4, 0.5) is 0 Å². The standard InChI is InChI=1S/C15H16O/c16-13-7-10-15(11-8-13)9-3-5-12-4-1-2-6-14(12)15/h1-2,4,6-7,10H,3,5,8-9,11H2/t15-/m0/s1. The first kappa shape index (κ1) is 9.83. The average Bonchev–Trinajstić information content (AvgIpc) is 2.34. The van der Waals surface area contributed by atoms with Crippen molar-refractivity contribution in [2.75, 3.05) is 0 Å². The fourth-order valence-electron chi connectivity index (χ4n) is 3.15. The Morgan fingerprint density at radius 3 is 2.75 bits per heavy atom. The van der Waals surface area contributed by atoms with E-state index in [0.717, 1.165) is 6.42 Å². The van der Waals surface area contributed by atoms with Gasteiger partial charge in [0.05, 0.1) is 0 Å². The Balaban J connectivity index is 2.10. The maximum Gasteiger partial charge on any atom is 0.155 e. The zero-order valence-corrected chi connectivity index (χ0v) is 9.41. The zero-order valence-electron chi connectivity index (χ0n) is 9.41. The van der Waals surface area contributed by atoms with Gasteiger partial charge in [0.25, 0.3) is 0 Å². The lowest BCUT2D eigenvalue weighted by Crippen LogP contribution is -2.31. The van der Waals surface area contributed by atoms with E-state index < -0.39 is 0 Å². The van der Waals surface area contributed by atoms with E-state index in [1.807, 2.05) is 0 Å². The van der Waals surface area contributed by atoms with Crippen LogP contribution in [0.15, 0.2) is 36.4 Å². The SMILES string of the molecule is O=C1C=C[C@@]2(CCCc3ccccc32)CC1. The summed E-state index contributed by atoms with van der Waals surface area (Å²) in [7, 11) is 0. The van der Waals surface area contributed by atoms with Crippen LogP contribution in [0.1, 0.15) is 36.8 Å². The van der Waals surface area contributed by atoms with E-state index in [-0.39, 0.29) is 11.2 Å². The van der Waals surface area contributed by atoms with E-state index in [0.29, 0.717) is 6.42 Å². The molecule has 0 aliphatic heterocycles. The molecule has 1 aromatic carbocycles. The summed E-state index contributed by atoms with van der Waals surface area (Å²) in [4.78, 5) is 11.3. The Morgan fingerprint density at radius 2 is 1.94 bits per heavy atom. The van der Waals surface area contributed by atoms with Crippen molar-refractivity contribution in [3.05, 3.63) is 47.5 Å². The summed E-state index contributed by atoms with van der Waals surface area (Å²) in [5, 5.41) is 0. The summed E-state index contributed by atoms with van der Waals surface area (Å²) >= 11 is 0. The highest BCUT2D eigenvalue weighted by Gasteiger charge is 2.35. The van der Waals surface area contributed by atoms with E-state index in [2.05, 4.69) is 30.3 Å². The minimum absolute atomic E-state index is 0.169. The molecule has 0 bridgehead atoms. The van der Waals surface area contributed by atoms with Crippen molar-refractivity contribution in [2.24, 2.45) is 0 Å². The number of aryl methyl sites for hydroxylation is 1. The van der Waals surface area contributed by atoms with Crippen molar-refractivity contribution in [1.29, 1.82) is 0 Å². The number of fused-ring (bicyclic) bond motifs is 2. The van der Waals surface area contributed by atoms with Crippen LogP contribution in [0, 0.1) is 0 Å². The van der Waals surface area contributed by atoms with Gasteiger partial charge in [-0.25, -0.2) is 0 Å². The molecule has 0 heterocycles. The number of hydrogen-bond donors (Lipinski definition) is 0. The van der Waals surface area contributed by atoms with Crippen LogP contribution in [0.3, 0.4) is 0 Å². The molecule has 0 radical (unpaired) electrons. The monoisotopic (exact) mass is 212 g/mol. The number of rotatable bonds is 0. The van der Waals surface area contributed by atoms with Crippen molar-refractivity contribution >= 4 is 5.78 Å². The number of benzene rings is 1. The molecule has 1 aromatic rings. The molecule has 0 aromatic heterocycles. The summed E-state index contributed by atoms with van der Waals surface area (Å²) in [5.74, 6) is 0.286. The smallest absolute Gasteiger partial charge is 0.155 e. The van der Waals surface area contributed by atoms with Crippen molar-refractivity contribution in [3.8, 4) is 0 Å². The number of carbonyl (C=O) groups is 1. The predicted octanol–water partition coefficient (Wildman–Crippen LogP) is 3.18. The number of carbonyl (C=O) groups excluding carboxylic acids is 1. The van der Waals surface area contributed by atoms with E-state index in [1.165, 1.54) is 30.4 Å². The van der Waals surface area contributed by atoms with Gasteiger partial charge in [-0.05, 0) is 42.9 Å². The molecule has 2 aliphatic rings. The minimum Gasteiger partial charge on any atom is -0.295 e. The second-order valence-electron chi connectivity index (χ2n) is 4.97. The molecule has 0 saturated carbocycles. The Hall–Kier alpha value is -1.37.